The van der Waals surface area contributed by atoms with Crippen molar-refractivity contribution < 1.29 is 25.8 Å². The van der Waals surface area contributed by atoms with Crippen LogP contribution in [0.2, 0.25) is 0 Å². The normalized spacial score (nSPS) is 13.8. The zero-order valence-corrected chi connectivity index (χ0v) is 21.7. The van der Waals surface area contributed by atoms with Crippen LogP contribution in [-0.2, 0) is 38.7 Å². The summed E-state index contributed by atoms with van der Waals surface area (Å²) in [6.45, 7) is 0. The Morgan fingerprint density at radius 1 is 0.967 bits per heavy atom. The van der Waals surface area contributed by atoms with E-state index < -0.39 is 0 Å². The summed E-state index contributed by atoms with van der Waals surface area (Å²) in [5.74, 6) is 0. The number of nitrogens with zero attached hydrogens (tertiary/aromatic N) is 1. The van der Waals surface area contributed by atoms with Crippen molar-refractivity contribution in [3.05, 3.63) is 96.2 Å². The van der Waals surface area contributed by atoms with Crippen LogP contribution in [0.4, 0.5) is 0 Å². The van der Waals surface area contributed by atoms with Crippen LogP contribution in [0.5, 0.6) is 0 Å². The number of aryl methyl sites for hydroxylation is 1. The first-order chi connectivity index (χ1) is 14.4. The summed E-state index contributed by atoms with van der Waals surface area (Å²) in [7, 11) is 0. The molecule has 0 aliphatic heterocycles. The van der Waals surface area contributed by atoms with Gasteiger partial charge in [-0.25, -0.2) is 12.2 Å². The number of alkyl halides is 1. The van der Waals surface area contributed by atoms with Crippen molar-refractivity contribution in [2.75, 3.05) is 6.38 Å². The van der Waals surface area contributed by atoms with E-state index in [1.807, 2.05) is 12.2 Å². The molecule has 0 saturated carbocycles. The monoisotopic (exact) mass is 579 g/mol. The maximum atomic E-state index is 4.64. The number of rotatable bonds is 1. The maximum Gasteiger partial charge on any atom is 0.0516 e. The number of hydrogen-bond acceptors (Lipinski definition) is 0. The van der Waals surface area contributed by atoms with Gasteiger partial charge >= 0.3 is 0 Å². The predicted molar refractivity (Wildman–Crippen MR) is 126 cm³/mol. The predicted octanol–water partition coefficient (Wildman–Crippen LogP) is 7.54. The fourth-order valence-corrected chi connectivity index (χ4v) is 4.39. The molecule has 0 saturated heterocycles. The average Bonchev–Trinajstić information content (AvgIpc) is 3.54. The number of para-hydroxylation sites is 1. The summed E-state index contributed by atoms with van der Waals surface area (Å²) in [6.07, 6.45) is 16.5. The molecule has 0 unspecified atom stereocenters. The van der Waals surface area contributed by atoms with E-state index in [0.29, 0.717) is 0 Å². The van der Waals surface area contributed by atoms with Gasteiger partial charge in [-0.15, -0.1) is 59.1 Å². The van der Waals surface area contributed by atoms with Crippen LogP contribution in [0.1, 0.15) is 30.5 Å². The molecule has 6 rings (SSSR count). The van der Waals surface area contributed by atoms with Gasteiger partial charge in [-0.2, -0.15) is 6.08 Å². The molecular formula is C27H26ClHfN-2. The molecule has 1 aromatic heterocycles. The molecule has 0 spiro atoms. The van der Waals surface area contributed by atoms with E-state index in [2.05, 4.69) is 89.0 Å². The molecule has 3 aromatic carbocycles. The van der Waals surface area contributed by atoms with Crippen molar-refractivity contribution in [1.82, 2.24) is 4.57 Å². The largest absolute Gasteiger partial charge is 0.332 e. The van der Waals surface area contributed by atoms with Crippen molar-refractivity contribution in [2.45, 2.75) is 32.1 Å². The summed E-state index contributed by atoms with van der Waals surface area (Å²) in [6, 6.07) is 22.2. The van der Waals surface area contributed by atoms with Crippen LogP contribution in [-0.4, -0.2) is 11.0 Å². The van der Waals surface area contributed by atoms with Crippen molar-refractivity contribution in [3.8, 4) is 5.69 Å². The number of fused-ring (bicyclic) bond motifs is 4. The van der Waals surface area contributed by atoms with Crippen LogP contribution in [0.3, 0.4) is 0 Å². The second-order valence-corrected chi connectivity index (χ2v) is 7.33. The van der Waals surface area contributed by atoms with Gasteiger partial charge in [0.25, 0.3) is 0 Å². The van der Waals surface area contributed by atoms with Gasteiger partial charge in [0.05, 0.1) is 5.52 Å². The summed E-state index contributed by atoms with van der Waals surface area (Å²) >= 11 is 4.64. The standard InChI is InChI=1S/C21H18N.C5H5.CH3Cl.Hf/c1-2-8-16-14-17(13-15(16)7-1)22-20-11-5-3-9-18(20)19-10-4-6-12-21(19)22;1-2-4-5-3-1;1-2;/h1-3,5,7-9,11,13-14H,4,6,10,12H2;1-3H,4H2;1H3;/q2*-1;;. The van der Waals surface area contributed by atoms with Gasteiger partial charge in [-0.3, -0.25) is 6.08 Å². The number of benzene rings is 2. The smallest absolute Gasteiger partial charge is 0.0516 e. The Bertz CT molecular complexity index is 1120. The van der Waals surface area contributed by atoms with Crippen molar-refractivity contribution in [2.24, 2.45) is 0 Å². The minimum Gasteiger partial charge on any atom is -0.332 e. The van der Waals surface area contributed by atoms with Crippen molar-refractivity contribution >= 4 is 33.3 Å². The zero-order valence-electron chi connectivity index (χ0n) is 17.4. The molecule has 30 heavy (non-hydrogen) atoms. The van der Waals surface area contributed by atoms with Crippen LogP contribution in [0.15, 0.2) is 78.9 Å². The molecular weight excluding hydrogens is 552 g/mol. The van der Waals surface area contributed by atoms with Gasteiger partial charge in [0.1, 0.15) is 0 Å². The Hall–Kier alpha value is -1.77. The Morgan fingerprint density at radius 2 is 1.73 bits per heavy atom. The van der Waals surface area contributed by atoms with Crippen molar-refractivity contribution in [1.29, 1.82) is 0 Å². The number of allylic oxidation sites excluding steroid dienone is 4. The second kappa shape index (κ2) is 11.0. The Balaban J connectivity index is 0.000000279. The summed E-state index contributed by atoms with van der Waals surface area (Å²) in [4.78, 5) is 0. The molecule has 0 atom stereocenters. The summed E-state index contributed by atoms with van der Waals surface area (Å²) in [5, 5.41) is 4.11. The first kappa shape index (κ1) is 22.9. The summed E-state index contributed by atoms with van der Waals surface area (Å²) in [5.41, 5.74) is 5.79. The van der Waals surface area contributed by atoms with Gasteiger partial charge in [-0.05, 0) is 43.0 Å². The molecule has 3 heteroatoms. The topological polar surface area (TPSA) is 4.93 Å². The van der Waals surface area contributed by atoms with E-state index >= 15 is 0 Å². The third-order valence-electron chi connectivity index (χ3n) is 5.63. The first-order valence-corrected chi connectivity index (χ1v) is 11.0. The zero-order chi connectivity index (χ0) is 20.1. The third kappa shape index (κ3) is 4.60. The van der Waals surface area contributed by atoms with E-state index in [1.54, 1.807) is 5.56 Å². The summed E-state index contributed by atoms with van der Waals surface area (Å²) < 4.78 is 2.50. The molecule has 0 fully saturated rings. The van der Waals surface area contributed by atoms with E-state index in [1.165, 1.54) is 65.1 Å². The molecule has 1 heterocycles. The maximum absolute atomic E-state index is 4.64. The quantitative estimate of drug-likeness (QED) is 0.125. The fraction of sp³-hybridized carbons (Fsp3) is 0.222. The minimum atomic E-state index is 0. The molecule has 1 nitrogen and oxygen atoms in total. The Labute approximate surface area is 203 Å². The number of aromatic nitrogens is 1. The minimum absolute atomic E-state index is 0. The molecule has 0 amide bonds. The van der Waals surface area contributed by atoms with Crippen LogP contribution < -0.4 is 0 Å². The van der Waals surface area contributed by atoms with E-state index in [0.717, 1.165) is 6.42 Å². The SMILES string of the molecule is CCl.[C-]1=CC=CC1.[Hf].c1ccc2[cH-]c(-n3c4c(c5ccccc53)CCCC4)cc2c1. The van der Waals surface area contributed by atoms with E-state index in [9.17, 15) is 0 Å². The van der Waals surface area contributed by atoms with Gasteiger partial charge in [0.2, 0.25) is 0 Å². The Kier molecular flexibility index (Phi) is 8.41. The molecule has 0 N–H and O–H groups in total. The van der Waals surface area contributed by atoms with Crippen LogP contribution in [0, 0.1) is 6.08 Å². The third-order valence-corrected chi connectivity index (χ3v) is 5.63. The van der Waals surface area contributed by atoms with Gasteiger partial charge in [0, 0.05) is 43.3 Å². The first-order valence-electron chi connectivity index (χ1n) is 10.3. The average molecular weight is 578 g/mol. The van der Waals surface area contributed by atoms with Crippen molar-refractivity contribution in [3.63, 3.8) is 0 Å². The van der Waals surface area contributed by atoms with Crippen LogP contribution >= 0.6 is 11.6 Å². The molecule has 4 aromatic rings. The molecule has 152 valence electrons. The molecule has 2 aliphatic rings. The van der Waals surface area contributed by atoms with Gasteiger partial charge in [-0.1, -0.05) is 24.3 Å². The van der Waals surface area contributed by atoms with Gasteiger partial charge < -0.3 is 4.57 Å². The van der Waals surface area contributed by atoms with Gasteiger partial charge in [0.15, 0.2) is 0 Å². The molecule has 0 bridgehead atoms. The molecule has 0 radical (unpaired) electrons. The molecule has 2 aliphatic carbocycles. The van der Waals surface area contributed by atoms with E-state index in [-0.39, 0.29) is 25.8 Å². The number of hydrogen-bond donors (Lipinski definition) is 0. The fourth-order valence-electron chi connectivity index (χ4n) is 4.39. The van der Waals surface area contributed by atoms with E-state index in [4.69, 9.17) is 0 Å². The second-order valence-electron chi connectivity index (χ2n) is 7.33. The Morgan fingerprint density at radius 3 is 2.47 bits per heavy atom. The van der Waals surface area contributed by atoms with Crippen LogP contribution in [0.25, 0.3) is 27.4 Å². The number of halogens is 1.